The molecule has 0 bridgehead atoms. The van der Waals surface area contributed by atoms with Gasteiger partial charge < -0.3 is 39.5 Å². The molecule has 0 aliphatic rings. The standard InChI is InChI=1S/C31H29N5O7.C23H26N2O5.C13H11N3O4S/c1-5-17-41-28-25(27(37)19-21-7-9-23(10-8-21)31(38)42-18-6-2)15-16-26(29(28)43-20(3)4)35-33-30(32-34-35)22-11-13-24(14-12-22)36(39)40;1-5-13-28-20-18(11-12-19(24)21(20)30-15(3)4)22(26)25-17-9-7-16(8-10-17)23(27)29-14-6-2;17-16(18)12-8-6-11(7-9-12)10-14-15-21(19,20)13-4-2-1-3-5-13/h5-16,20H,1-2,17-19H2,3-4H3;5-12,15H,1-2,13-14,24H2,3-4H3,(H,25,26);1-10,15H/b;;14-10+. The summed E-state index contributed by atoms with van der Waals surface area (Å²) in [7, 11) is -3.71. The molecule has 0 saturated heterocycles. The molecule has 26 nitrogen and oxygen atoms in total. The summed E-state index contributed by atoms with van der Waals surface area (Å²) in [5.74, 6) is -0.416. The molecule has 27 heteroatoms. The fourth-order valence-electron chi connectivity index (χ4n) is 8.00. The number of rotatable bonds is 29. The van der Waals surface area contributed by atoms with Gasteiger partial charge in [0, 0.05) is 41.9 Å². The van der Waals surface area contributed by atoms with E-state index in [4.69, 9.17) is 34.2 Å². The first-order valence-corrected chi connectivity index (χ1v) is 29.9. The summed E-state index contributed by atoms with van der Waals surface area (Å²) in [5.41, 5.74) is 10.2. The quantitative estimate of drug-likeness (QED) is 0.00745. The number of aromatic nitrogens is 4. The molecule has 7 aromatic carbocycles. The molecule has 0 spiro atoms. The maximum absolute atomic E-state index is 13.5. The van der Waals surface area contributed by atoms with Gasteiger partial charge in [0.25, 0.3) is 27.3 Å². The van der Waals surface area contributed by atoms with Gasteiger partial charge in [0.2, 0.25) is 5.82 Å². The molecule has 0 unspecified atom stereocenters. The summed E-state index contributed by atoms with van der Waals surface area (Å²) in [5, 5.41) is 40.6. The number of ketones is 1. The van der Waals surface area contributed by atoms with Crippen LogP contribution in [0, 0.1) is 20.2 Å². The number of nitrogens with one attached hydrogen (secondary N) is 2. The number of tetrazole rings is 1. The van der Waals surface area contributed by atoms with Crippen LogP contribution >= 0.6 is 0 Å². The summed E-state index contributed by atoms with van der Waals surface area (Å²) >= 11 is 0. The minimum Gasteiger partial charge on any atom is -0.485 e. The lowest BCUT2D eigenvalue weighted by Crippen LogP contribution is -2.18. The minimum atomic E-state index is -3.71. The van der Waals surface area contributed by atoms with Gasteiger partial charge in [0.15, 0.2) is 28.8 Å². The fraction of sp³-hybridized carbons (Fsp3) is 0.164. The Morgan fingerprint density at radius 3 is 1.67 bits per heavy atom. The molecule has 8 rings (SSSR count). The number of non-ortho nitro benzene ring substituents is 2. The molecule has 0 radical (unpaired) electrons. The van der Waals surface area contributed by atoms with E-state index in [2.05, 4.69) is 57.0 Å². The second-order valence-electron chi connectivity index (χ2n) is 20.0. The summed E-state index contributed by atoms with van der Waals surface area (Å²) in [6.07, 6.45) is 6.91. The lowest BCUT2D eigenvalue weighted by atomic mass is 10.00. The Bertz CT molecular complexity index is 4140. The van der Waals surface area contributed by atoms with E-state index in [-0.39, 0.29) is 101 Å². The number of benzene rings is 7. The molecule has 8 aromatic rings. The number of anilines is 2. The fourth-order valence-corrected chi connectivity index (χ4v) is 8.81. The third-order valence-electron chi connectivity index (χ3n) is 12.3. The van der Waals surface area contributed by atoms with Crippen LogP contribution in [-0.4, -0.2) is 107 Å². The Kier molecular flexibility index (Phi) is 26.2. The van der Waals surface area contributed by atoms with E-state index in [0.29, 0.717) is 50.6 Å². The van der Waals surface area contributed by atoms with E-state index in [1.54, 1.807) is 103 Å². The van der Waals surface area contributed by atoms with Crippen LogP contribution in [0.3, 0.4) is 0 Å². The molecule has 4 N–H and O–H groups in total. The highest BCUT2D eigenvalue weighted by molar-refractivity contribution is 7.89. The number of nitrogens with two attached hydrogens (primary N) is 1. The summed E-state index contributed by atoms with van der Waals surface area (Å²) in [6, 6.07) is 38.4. The van der Waals surface area contributed by atoms with Gasteiger partial charge >= 0.3 is 11.9 Å². The lowest BCUT2D eigenvalue weighted by Gasteiger charge is -2.20. The Hall–Kier alpha value is -12.1. The van der Waals surface area contributed by atoms with Crippen LogP contribution in [0.25, 0.3) is 17.1 Å². The van der Waals surface area contributed by atoms with Crippen LogP contribution in [0.4, 0.5) is 22.7 Å². The highest BCUT2D eigenvalue weighted by Crippen LogP contribution is 2.40. The first-order valence-electron chi connectivity index (χ1n) is 28.5. The second kappa shape index (κ2) is 34.7. The molecule has 0 aliphatic carbocycles. The number of sulfonamides is 1. The Morgan fingerprint density at radius 1 is 0.628 bits per heavy atom. The van der Waals surface area contributed by atoms with Crippen LogP contribution in [-0.2, 0) is 25.9 Å². The molecule has 0 saturated carbocycles. The van der Waals surface area contributed by atoms with Crippen molar-refractivity contribution in [2.45, 2.75) is 51.2 Å². The predicted octanol–water partition coefficient (Wildman–Crippen LogP) is 11.5. The molecule has 1 aromatic heterocycles. The van der Waals surface area contributed by atoms with E-state index in [1.165, 1.54) is 83.8 Å². The third-order valence-corrected chi connectivity index (χ3v) is 13.5. The Morgan fingerprint density at radius 2 is 1.14 bits per heavy atom. The van der Waals surface area contributed by atoms with Crippen LogP contribution < -0.4 is 34.8 Å². The highest BCUT2D eigenvalue weighted by atomic mass is 32.2. The number of nitro benzene ring substituents is 2. The second-order valence-corrected chi connectivity index (χ2v) is 21.7. The van der Waals surface area contributed by atoms with Gasteiger partial charge in [-0.15, -0.1) is 15.0 Å². The summed E-state index contributed by atoms with van der Waals surface area (Å²) in [4.78, 5) is 74.3. The SMILES string of the molecule is C=CCOC(=O)c1ccc(CC(=O)c2ccc(-n3nnc(-c4ccc([N+](=O)[O-])cc4)n3)c(OC(C)C)c2OCC=C)cc1.C=CCOC(=O)c1ccc(NC(=O)c2ccc(N)c(OC(C)C)c2OCC=C)cc1.O=[N+]([O-])c1ccc(/C=N/NS(=O)(=O)c2ccccc2)cc1. The van der Waals surface area contributed by atoms with Gasteiger partial charge in [-0.05, 0) is 141 Å². The molecule has 1 amide bonds. The van der Waals surface area contributed by atoms with Gasteiger partial charge in [-0.1, -0.05) is 81.0 Å². The smallest absolute Gasteiger partial charge is 0.338 e. The van der Waals surface area contributed by atoms with Gasteiger partial charge in [-0.25, -0.2) is 14.4 Å². The van der Waals surface area contributed by atoms with Crippen LogP contribution in [0.15, 0.2) is 212 Å². The Balaban J connectivity index is 0.000000239. The van der Waals surface area contributed by atoms with E-state index >= 15 is 0 Å². The number of hydrogen-bond acceptors (Lipinski definition) is 21. The lowest BCUT2D eigenvalue weighted by molar-refractivity contribution is -0.385. The number of Topliss-reactive ketones (excluding diaryl/α,β-unsaturated/α-hetero) is 1. The molecular weight excluding hydrogens is 1230 g/mol. The molecule has 0 fully saturated rings. The third kappa shape index (κ3) is 20.4. The van der Waals surface area contributed by atoms with E-state index < -0.39 is 37.7 Å². The number of nitrogen functional groups attached to an aromatic ring is 1. The highest BCUT2D eigenvalue weighted by Gasteiger charge is 2.26. The van der Waals surface area contributed by atoms with Crippen molar-refractivity contribution in [3.63, 3.8) is 0 Å². The monoisotopic (exact) mass is 1300 g/mol. The number of carbonyl (C=O) groups is 4. The molecule has 0 atom stereocenters. The van der Waals surface area contributed by atoms with E-state index in [1.807, 2.05) is 27.7 Å². The number of nitrogens with zero attached hydrogens (tertiary/aromatic N) is 7. The molecule has 0 aliphatic heterocycles. The first-order chi connectivity index (χ1) is 45.1. The number of hydrogen-bond donors (Lipinski definition) is 3. The zero-order chi connectivity index (χ0) is 68.3. The van der Waals surface area contributed by atoms with Gasteiger partial charge in [0.1, 0.15) is 32.1 Å². The minimum absolute atomic E-state index is 0.0266. The van der Waals surface area contributed by atoms with Crippen molar-refractivity contribution < 1.29 is 65.9 Å². The van der Waals surface area contributed by atoms with Gasteiger partial charge in [0.05, 0.1) is 61.1 Å². The van der Waals surface area contributed by atoms with Gasteiger partial charge in [-0.3, -0.25) is 29.8 Å². The van der Waals surface area contributed by atoms with Crippen molar-refractivity contribution in [2.24, 2.45) is 5.10 Å². The van der Waals surface area contributed by atoms with Crippen molar-refractivity contribution >= 4 is 62.6 Å². The van der Waals surface area contributed by atoms with Crippen LogP contribution in [0.2, 0.25) is 0 Å². The van der Waals surface area contributed by atoms with Crippen LogP contribution in [0.5, 0.6) is 23.0 Å². The number of hydrazone groups is 1. The summed E-state index contributed by atoms with van der Waals surface area (Å²) in [6.45, 7) is 22.2. The Labute approximate surface area is 541 Å². The maximum atomic E-state index is 13.5. The predicted molar refractivity (Wildman–Crippen MR) is 352 cm³/mol. The zero-order valence-corrected chi connectivity index (χ0v) is 52.3. The van der Waals surface area contributed by atoms with Crippen LogP contribution in [0.1, 0.15) is 80.3 Å². The summed E-state index contributed by atoms with van der Waals surface area (Å²) < 4.78 is 57.3. The van der Waals surface area contributed by atoms with Crippen molar-refractivity contribution in [1.82, 2.24) is 25.0 Å². The van der Waals surface area contributed by atoms with Crippen molar-refractivity contribution in [2.75, 3.05) is 37.5 Å². The molecule has 94 heavy (non-hydrogen) atoms. The van der Waals surface area contributed by atoms with Crippen molar-refractivity contribution in [1.29, 1.82) is 0 Å². The van der Waals surface area contributed by atoms with Crippen molar-refractivity contribution in [3.05, 3.63) is 256 Å². The number of carbonyl (C=O) groups excluding carboxylic acids is 4. The van der Waals surface area contributed by atoms with E-state index in [0.717, 1.165) is 0 Å². The largest absolute Gasteiger partial charge is 0.485 e. The van der Waals surface area contributed by atoms with Gasteiger partial charge in [-0.2, -0.15) is 13.5 Å². The molecule has 486 valence electrons. The normalized spacial score (nSPS) is 10.7. The first kappa shape index (κ1) is 71.0. The molecule has 1 heterocycles. The van der Waals surface area contributed by atoms with Crippen molar-refractivity contribution in [3.8, 4) is 40.1 Å². The number of amides is 1. The zero-order valence-electron chi connectivity index (χ0n) is 51.5. The number of nitro groups is 2. The number of ether oxygens (including phenoxy) is 6. The average Bonchev–Trinajstić information content (AvgIpc) is 1.38. The average molecular weight is 1300 g/mol. The molecular formula is C67H66N10O16S. The maximum Gasteiger partial charge on any atom is 0.338 e. The number of esters is 2. The topological polar surface area (TPSA) is 350 Å². The van der Waals surface area contributed by atoms with E-state index in [9.17, 15) is 47.8 Å².